The molecule has 4 rings (SSSR count). The first-order valence-corrected chi connectivity index (χ1v) is 10.5. The maximum absolute atomic E-state index is 13.4. The molecule has 2 saturated heterocycles. The fraction of sp³-hybridized carbons (Fsp3) is 0.545. The molecule has 1 aliphatic carbocycles. The molecule has 166 valence electrons. The van der Waals surface area contributed by atoms with E-state index in [9.17, 15) is 29.4 Å². The van der Waals surface area contributed by atoms with Crippen molar-refractivity contribution in [2.45, 2.75) is 49.7 Å². The molecule has 0 spiro atoms. The van der Waals surface area contributed by atoms with Gasteiger partial charge in [0.25, 0.3) is 0 Å². The molecular formula is C22H26N2O7. The van der Waals surface area contributed by atoms with Gasteiger partial charge in [0.15, 0.2) is 5.54 Å². The Morgan fingerprint density at radius 3 is 2.32 bits per heavy atom. The lowest BCUT2D eigenvalue weighted by Gasteiger charge is -2.33. The van der Waals surface area contributed by atoms with E-state index < -0.39 is 53.8 Å². The quantitative estimate of drug-likeness (QED) is 0.463. The first-order valence-electron chi connectivity index (χ1n) is 10.5. The number of hydrogen-bond acceptors (Lipinski definition) is 7. The molecule has 2 amide bonds. The minimum atomic E-state index is -1.95. The Hall–Kier alpha value is -2.78. The second kappa shape index (κ2) is 8.05. The number of carboxylic acids is 1. The number of methoxy groups -OCH3 is 1. The number of hydrogen-bond donors (Lipinski definition) is 3. The standard InChI is InChI=1S/C22H26N2O7/c1-31-20(28)13-9-7-12(8-10-13)17-15-16(22(11-25,23-17)21(29)30)19(27)24(18(15)26)14-5-3-2-4-6-14/h7-10,14-17,23,25H,2-6,11H2,1H3,(H,29,30). The van der Waals surface area contributed by atoms with Crippen molar-refractivity contribution in [3.05, 3.63) is 35.4 Å². The predicted molar refractivity (Wildman–Crippen MR) is 107 cm³/mol. The molecule has 9 nitrogen and oxygen atoms in total. The zero-order valence-corrected chi connectivity index (χ0v) is 17.2. The van der Waals surface area contributed by atoms with Crippen LogP contribution in [-0.4, -0.2) is 64.2 Å². The summed E-state index contributed by atoms with van der Waals surface area (Å²) in [6.07, 6.45) is 4.30. The number of carbonyl (C=O) groups excluding carboxylic acids is 3. The number of likely N-dealkylation sites (tertiary alicyclic amines) is 1. The topological polar surface area (TPSA) is 133 Å². The normalized spacial score (nSPS) is 31.0. The maximum atomic E-state index is 13.4. The molecule has 31 heavy (non-hydrogen) atoms. The van der Waals surface area contributed by atoms with Gasteiger partial charge in [-0.15, -0.1) is 0 Å². The SMILES string of the molecule is COC(=O)c1ccc(C2NC(CO)(C(=O)O)C3C(=O)N(C4CCCCC4)C(=O)C23)cc1. The van der Waals surface area contributed by atoms with Gasteiger partial charge in [-0.3, -0.25) is 24.6 Å². The number of esters is 1. The average Bonchev–Trinajstić information content (AvgIpc) is 3.28. The van der Waals surface area contributed by atoms with Crippen LogP contribution in [0, 0.1) is 11.8 Å². The number of rotatable bonds is 5. The van der Waals surface area contributed by atoms with Gasteiger partial charge in [0, 0.05) is 12.1 Å². The van der Waals surface area contributed by atoms with Gasteiger partial charge in [0.2, 0.25) is 11.8 Å². The Morgan fingerprint density at radius 2 is 1.77 bits per heavy atom. The van der Waals surface area contributed by atoms with Crippen molar-refractivity contribution < 1.29 is 34.1 Å². The van der Waals surface area contributed by atoms with Crippen LogP contribution in [0.5, 0.6) is 0 Å². The molecule has 2 heterocycles. The van der Waals surface area contributed by atoms with Crippen LogP contribution in [-0.2, 0) is 19.1 Å². The van der Waals surface area contributed by atoms with Gasteiger partial charge in [0.1, 0.15) is 0 Å². The van der Waals surface area contributed by atoms with E-state index in [1.165, 1.54) is 24.1 Å². The highest BCUT2D eigenvalue weighted by Gasteiger charge is 2.69. The van der Waals surface area contributed by atoms with E-state index in [0.29, 0.717) is 24.0 Å². The van der Waals surface area contributed by atoms with Crippen molar-refractivity contribution in [1.29, 1.82) is 0 Å². The molecule has 4 atom stereocenters. The van der Waals surface area contributed by atoms with Crippen LogP contribution >= 0.6 is 0 Å². The van der Waals surface area contributed by atoms with Crippen LogP contribution in [0.25, 0.3) is 0 Å². The zero-order chi connectivity index (χ0) is 22.3. The smallest absolute Gasteiger partial charge is 0.337 e. The van der Waals surface area contributed by atoms with Gasteiger partial charge in [-0.2, -0.15) is 0 Å². The molecule has 2 aliphatic heterocycles. The Morgan fingerprint density at radius 1 is 1.13 bits per heavy atom. The van der Waals surface area contributed by atoms with Crippen molar-refractivity contribution in [1.82, 2.24) is 10.2 Å². The van der Waals surface area contributed by atoms with Crippen LogP contribution in [0.3, 0.4) is 0 Å². The number of carbonyl (C=O) groups is 4. The largest absolute Gasteiger partial charge is 0.480 e. The average molecular weight is 430 g/mol. The highest BCUT2D eigenvalue weighted by Crippen LogP contribution is 2.50. The fourth-order valence-corrected chi connectivity index (χ4v) is 5.37. The molecule has 0 bridgehead atoms. The van der Waals surface area contributed by atoms with Gasteiger partial charge >= 0.3 is 11.9 Å². The van der Waals surface area contributed by atoms with E-state index in [-0.39, 0.29) is 6.04 Å². The summed E-state index contributed by atoms with van der Waals surface area (Å²) in [5.74, 6) is -4.95. The summed E-state index contributed by atoms with van der Waals surface area (Å²) >= 11 is 0. The summed E-state index contributed by atoms with van der Waals surface area (Å²) in [6, 6.07) is 5.25. The summed E-state index contributed by atoms with van der Waals surface area (Å²) in [5, 5.41) is 22.9. The highest BCUT2D eigenvalue weighted by atomic mass is 16.5. The van der Waals surface area contributed by atoms with Gasteiger partial charge in [-0.05, 0) is 30.5 Å². The molecule has 3 aliphatic rings. The monoisotopic (exact) mass is 430 g/mol. The van der Waals surface area contributed by atoms with E-state index in [1.54, 1.807) is 12.1 Å². The summed E-state index contributed by atoms with van der Waals surface area (Å²) in [7, 11) is 1.27. The summed E-state index contributed by atoms with van der Waals surface area (Å²) in [5.41, 5.74) is -1.08. The van der Waals surface area contributed by atoms with Gasteiger partial charge in [0.05, 0.1) is 31.1 Å². The molecular weight excluding hydrogens is 404 g/mol. The third kappa shape index (κ3) is 3.23. The van der Waals surface area contributed by atoms with Crippen molar-refractivity contribution >= 4 is 23.8 Å². The first-order chi connectivity index (χ1) is 14.9. The maximum Gasteiger partial charge on any atom is 0.337 e. The van der Waals surface area contributed by atoms with E-state index in [0.717, 1.165) is 19.3 Å². The Bertz CT molecular complexity index is 909. The first kappa shape index (κ1) is 21.5. The number of aliphatic hydroxyl groups is 1. The summed E-state index contributed by atoms with van der Waals surface area (Å²) < 4.78 is 4.69. The number of ether oxygens (including phenoxy) is 1. The molecule has 0 aromatic heterocycles. The molecule has 3 fully saturated rings. The minimum absolute atomic E-state index is 0.230. The van der Waals surface area contributed by atoms with Gasteiger partial charge in [-0.1, -0.05) is 31.4 Å². The molecule has 4 unspecified atom stereocenters. The number of nitrogens with zero attached hydrogens (tertiary/aromatic N) is 1. The molecule has 1 saturated carbocycles. The Balaban J connectivity index is 1.74. The number of aliphatic carboxylic acids is 1. The Kier molecular flexibility index (Phi) is 5.57. The van der Waals surface area contributed by atoms with E-state index in [2.05, 4.69) is 5.32 Å². The second-order valence-corrected chi connectivity index (χ2v) is 8.51. The van der Waals surface area contributed by atoms with Crippen LogP contribution in [0.2, 0.25) is 0 Å². The number of fused-ring (bicyclic) bond motifs is 1. The van der Waals surface area contributed by atoms with Gasteiger partial charge < -0.3 is 14.9 Å². The summed E-state index contributed by atoms with van der Waals surface area (Å²) in [4.78, 5) is 52.0. The third-order valence-electron chi connectivity index (χ3n) is 6.95. The zero-order valence-electron chi connectivity index (χ0n) is 17.2. The Labute approximate surface area is 179 Å². The molecule has 0 radical (unpaired) electrons. The fourth-order valence-electron chi connectivity index (χ4n) is 5.37. The number of amides is 2. The number of aliphatic hydroxyl groups excluding tert-OH is 1. The van der Waals surface area contributed by atoms with Gasteiger partial charge in [-0.25, -0.2) is 4.79 Å². The lowest BCUT2D eigenvalue weighted by Crippen LogP contribution is -2.59. The number of nitrogens with one attached hydrogen (secondary N) is 1. The van der Waals surface area contributed by atoms with Crippen molar-refractivity contribution in [2.75, 3.05) is 13.7 Å². The number of imide groups is 1. The van der Waals surface area contributed by atoms with E-state index >= 15 is 0 Å². The predicted octanol–water partition coefficient (Wildman–Crippen LogP) is 0.867. The van der Waals surface area contributed by atoms with Crippen LogP contribution in [0.15, 0.2) is 24.3 Å². The summed E-state index contributed by atoms with van der Waals surface area (Å²) in [6.45, 7) is -0.822. The number of carboxylic acid groups (broad SMARTS) is 1. The molecule has 1 aromatic rings. The van der Waals surface area contributed by atoms with Crippen molar-refractivity contribution in [3.63, 3.8) is 0 Å². The van der Waals surface area contributed by atoms with Crippen molar-refractivity contribution in [3.8, 4) is 0 Å². The number of benzene rings is 1. The molecule has 3 N–H and O–H groups in total. The third-order valence-corrected chi connectivity index (χ3v) is 6.95. The lowest BCUT2D eigenvalue weighted by molar-refractivity contribution is -0.154. The highest BCUT2D eigenvalue weighted by molar-refractivity contribution is 6.09. The van der Waals surface area contributed by atoms with Crippen molar-refractivity contribution in [2.24, 2.45) is 11.8 Å². The molecule has 9 heteroatoms. The van der Waals surface area contributed by atoms with E-state index in [1.807, 2.05) is 0 Å². The van der Waals surface area contributed by atoms with Crippen LogP contribution in [0.1, 0.15) is 54.1 Å². The van der Waals surface area contributed by atoms with Crippen LogP contribution in [0.4, 0.5) is 0 Å². The molecule has 1 aromatic carbocycles. The second-order valence-electron chi connectivity index (χ2n) is 8.51. The van der Waals surface area contributed by atoms with Crippen LogP contribution < -0.4 is 5.32 Å². The minimum Gasteiger partial charge on any atom is -0.480 e. The lowest BCUT2D eigenvalue weighted by atomic mass is 9.79. The van der Waals surface area contributed by atoms with E-state index in [4.69, 9.17) is 4.74 Å².